The number of carbonyl (C=O) groups is 2. The Hall–Kier alpha value is -2.04. The summed E-state index contributed by atoms with van der Waals surface area (Å²) in [6.45, 7) is 4.89. The molecular weight excluding hydrogens is 306 g/mol. The van der Waals surface area contributed by atoms with Crippen LogP contribution in [0, 0.1) is 0 Å². The third-order valence-corrected chi connectivity index (χ3v) is 3.64. The largest absolute Gasteiger partial charge is 0.494 e. The number of likely N-dealkylation sites (N-methyl/N-ethyl adjacent to an activating group) is 1. The average Bonchev–Trinajstić information content (AvgIpc) is 2.58. The maximum absolute atomic E-state index is 12.2. The molecule has 0 saturated heterocycles. The van der Waals surface area contributed by atoms with E-state index >= 15 is 0 Å². The summed E-state index contributed by atoms with van der Waals surface area (Å²) in [7, 11) is 1.58. The smallest absolute Gasteiger partial charge is 0.325 e. The first-order valence-electron chi connectivity index (χ1n) is 8.72. The Balaban J connectivity index is 2.40. The molecule has 0 bridgehead atoms. The first-order chi connectivity index (χ1) is 11.6. The van der Waals surface area contributed by atoms with Crippen LogP contribution in [0.5, 0.6) is 5.75 Å². The van der Waals surface area contributed by atoms with Gasteiger partial charge < -0.3 is 14.4 Å². The van der Waals surface area contributed by atoms with Gasteiger partial charge in [0.15, 0.2) is 0 Å². The highest BCUT2D eigenvalue weighted by atomic mass is 16.5. The zero-order chi connectivity index (χ0) is 17.8. The second kappa shape index (κ2) is 11.5. The molecule has 0 unspecified atom stereocenters. The van der Waals surface area contributed by atoms with E-state index in [2.05, 4.69) is 6.92 Å². The van der Waals surface area contributed by atoms with Gasteiger partial charge in [0.1, 0.15) is 12.3 Å². The van der Waals surface area contributed by atoms with Crippen molar-refractivity contribution in [1.82, 2.24) is 4.90 Å². The van der Waals surface area contributed by atoms with E-state index in [4.69, 9.17) is 9.47 Å². The Morgan fingerprint density at radius 1 is 1.00 bits per heavy atom. The van der Waals surface area contributed by atoms with Crippen molar-refractivity contribution in [2.75, 3.05) is 26.8 Å². The minimum absolute atomic E-state index is 0.0529. The number of carbonyl (C=O) groups excluding carboxylic acids is 2. The second-order valence-electron chi connectivity index (χ2n) is 5.75. The molecule has 0 fully saturated rings. The topological polar surface area (TPSA) is 55.8 Å². The van der Waals surface area contributed by atoms with Crippen LogP contribution in [-0.2, 0) is 9.53 Å². The molecule has 0 aliphatic heterocycles. The molecule has 24 heavy (non-hydrogen) atoms. The number of nitrogens with zero attached hydrogens (tertiary/aromatic N) is 1. The lowest BCUT2D eigenvalue weighted by atomic mass is 10.1. The van der Waals surface area contributed by atoms with Crippen molar-refractivity contribution < 1.29 is 19.1 Å². The number of ether oxygens (including phenoxy) is 2. The van der Waals surface area contributed by atoms with Crippen molar-refractivity contribution in [3.8, 4) is 5.75 Å². The molecule has 0 aliphatic carbocycles. The van der Waals surface area contributed by atoms with Gasteiger partial charge in [0.05, 0.1) is 13.2 Å². The lowest BCUT2D eigenvalue weighted by Crippen LogP contribution is -2.33. The highest BCUT2D eigenvalue weighted by molar-refractivity contribution is 5.95. The van der Waals surface area contributed by atoms with Crippen molar-refractivity contribution in [1.29, 1.82) is 0 Å². The predicted molar refractivity (Wildman–Crippen MR) is 94.3 cm³/mol. The number of hydrogen-bond acceptors (Lipinski definition) is 4. The summed E-state index contributed by atoms with van der Waals surface area (Å²) in [5, 5.41) is 0. The highest BCUT2D eigenvalue weighted by Crippen LogP contribution is 2.14. The van der Waals surface area contributed by atoms with Crippen LogP contribution in [0.2, 0.25) is 0 Å². The van der Waals surface area contributed by atoms with Crippen LogP contribution in [0.15, 0.2) is 24.3 Å². The Morgan fingerprint density at radius 3 is 2.29 bits per heavy atom. The van der Waals surface area contributed by atoms with Crippen LogP contribution in [0.25, 0.3) is 0 Å². The van der Waals surface area contributed by atoms with E-state index in [0.29, 0.717) is 18.8 Å². The fourth-order valence-corrected chi connectivity index (χ4v) is 2.28. The normalized spacial score (nSPS) is 10.3. The van der Waals surface area contributed by atoms with Gasteiger partial charge in [-0.25, -0.2) is 0 Å². The van der Waals surface area contributed by atoms with Crippen molar-refractivity contribution >= 4 is 11.9 Å². The van der Waals surface area contributed by atoms with Crippen LogP contribution in [0.1, 0.15) is 56.3 Å². The summed E-state index contributed by atoms with van der Waals surface area (Å²) in [5.41, 5.74) is 0.525. The van der Waals surface area contributed by atoms with Crippen LogP contribution in [0.4, 0.5) is 0 Å². The quantitative estimate of drug-likeness (QED) is 0.457. The molecule has 134 valence electrons. The van der Waals surface area contributed by atoms with Gasteiger partial charge in [-0.2, -0.15) is 0 Å². The molecule has 1 rings (SSSR count). The fraction of sp³-hybridized carbons (Fsp3) is 0.579. The van der Waals surface area contributed by atoms with Crippen LogP contribution >= 0.6 is 0 Å². The Labute approximate surface area is 144 Å². The maximum atomic E-state index is 12.2. The van der Waals surface area contributed by atoms with E-state index in [9.17, 15) is 9.59 Å². The van der Waals surface area contributed by atoms with Gasteiger partial charge >= 0.3 is 5.97 Å². The van der Waals surface area contributed by atoms with Crippen LogP contribution in [-0.4, -0.2) is 43.6 Å². The van der Waals surface area contributed by atoms with E-state index in [0.717, 1.165) is 12.2 Å². The van der Waals surface area contributed by atoms with Gasteiger partial charge in [0.2, 0.25) is 0 Å². The molecule has 0 spiro atoms. The second-order valence-corrected chi connectivity index (χ2v) is 5.75. The summed E-state index contributed by atoms with van der Waals surface area (Å²) in [4.78, 5) is 25.0. The lowest BCUT2D eigenvalue weighted by molar-refractivity contribution is -0.143. The Morgan fingerprint density at radius 2 is 1.67 bits per heavy atom. The third-order valence-electron chi connectivity index (χ3n) is 3.64. The lowest BCUT2D eigenvalue weighted by Gasteiger charge is -2.16. The zero-order valence-corrected chi connectivity index (χ0v) is 15.0. The molecule has 0 N–H and O–H groups in total. The maximum Gasteiger partial charge on any atom is 0.325 e. The number of rotatable bonds is 11. The molecule has 1 aromatic rings. The molecule has 0 aromatic heterocycles. The first kappa shape index (κ1) is 20.0. The zero-order valence-electron chi connectivity index (χ0n) is 15.0. The molecule has 0 radical (unpaired) electrons. The molecule has 1 amide bonds. The van der Waals surface area contributed by atoms with Gasteiger partial charge in [-0.3, -0.25) is 9.59 Å². The average molecular weight is 335 g/mol. The van der Waals surface area contributed by atoms with Gasteiger partial charge in [-0.1, -0.05) is 32.6 Å². The number of benzene rings is 1. The predicted octanol–water partition coefficient (Wildman–Crippen LogP) is 3.67. The standard InChI is InChI=1S/C19H29NO4/c1-4-6-7-8-9-14-24-17-12-10-16(11-13-17)19(22)20(3)15-18(21)23-5-2/h10-13H,4-9,14-15H2,1-3H3. The summed E-state index contributed by atoms with van der Waals surface area (Å²) in [6.07, 6.45) is 5.99. The summed E-state index contributed by atoms with van der Waals surface area (Å²) in [5.74, 6) is 0.139. The number of esters is 1. The monoisotopic (exact) mass is 335 g/mol. The van der Waals surface area contributed by atoms with Crippen LogP contribution in [0.3, 0.4) is 0 Å². The highest BCUT2D eigenvalue weighted by Gasteiger charge is 2.15. The summed E-state index contributed by atoms with van der Waals surface area (Å²) < 4.78 is 10.5. The molecule has 5 heteroatoms. The van der Waals surface area contributed by atoms with Gasteiger partial charge in [-0.15, -0.1) is 0 Å². The van der Waals surface area contributed by atoms with E-state index in [-0.39, 0.29) is 12.5 Å². The van der Waals surface area contributed by atoms with Crippen molar-refractivity contribution in [2.45, 2.75) is 46.0 Å². The molecule has 0 atom stereocenters. The molecule has 0 aliphatic rings. The number of amides is 1. The van der Waals surface area contributed by atoms with E-state index < -0.39 is 5.97 Å². The summed E-state index contributed by atoms with van der Waals surface area (Å²) >= 11 is 0. The Kier molecular flexibility index (Phi) is 9.58. The third kappa shape index (κ3) is 7.49. The SMILES string of the molecule is CCCCCCCOc1ccc(C(=O)N(C)CC(=O)OCC)cc1. The number of unbranched alkanes of at least 4 members (excludes halogenated alkanes) is 4. The first-order valence-corrected chi connectivity index (χ1v) is 8.72. The Bertz CT molecular complexity index is 499. The minimum atomic E-state index is -0.406. The fourth-order valence-electron chi connectivity index (χ4n) is 2.28. The van der Waals surface area contributed by atoms with E-state index in [1.807, 2.05) is 0 Å². The summed E-state index contributed by atoms with van der Waals surface area (Å²) in [6, 6.07) is 7.02. The molecular formula is C19H29NO4. The van der Waals surface area contributed by atoms with Crippen molar-refractivity contribution in [2.24, 2.45) is 0 Å². The van der Waals surface area contributed by atoms with Gasteiger partial charge in [-0.05, 0) is 37.6 Å². The number of hydrogen-bond donors (Lipinski definition) is 0. The minimum Gasteiger partial charge on any atom is -0.494 e. The molecule has 0 heterocycles. The molecule has 0 saturated carbocycles. The van der Waals surface area contributed by atoms with Gasteiger partial charge in [0.25, 0.3) is 5.91 Å². The van der Waals surface area contributed by atoms with Crippen molar-refractivity contribution in [3.63, 3.8) is 0 Å². The van der Waals surface area contributed by atoms with E-state index in [1.165, 1.54) is 30.6 Å². The van der Waals surface area contributed by atoms with Gasteiger partial charge in [0, 0.05) is 12.6 Å². The van der Waals surface area contributed by atoms with Crippen molar-refractivity contribution in [3.05, 3.63) is 29.8 Å². The van der Waals surface area contributed by atoms with E-state index in [1.54, 1.807) is 38.2 Å². The van der Waals surface area contributed by atoms with Crippen LogP contribution < -0.4 is 4.74 Å². The molecule has 1 aromatic carbocycles. The molecule has 5 nitrogen and oxygen atoms in total.